The van der Waals surface area contributed by atoms with E-state index in [0.717, 1.165) is 6.07 Å². The fraction of sp³-hybridized carbons (Fsp3) is 0.467. The lowest BCUT2D eigenvalue weighted by Gasteiger charge is -2.31. The largest absolute Gasteiger partial charge is 0.481 e. The first-order chi connectivity index (χ1) is 11.6. The minimum absolute atomic E-state index is 0.0253. The molecule has 1 aromatic carbocycles. The van der Waals surface area contributed by atoms with E-state index in [2.05, 4.69) is 0 Å². The maximum atomic E-state index is 12.7. The molecule has 0 radical (unpaired) electrons. The molecule has 1 aliphatic heterocycles. The highest BCUT2D eigenvalue weighted by molar-refractivity contribution is 5.98. The monoisotopic (exact) mass is 360 g/mol. The average Bonchev–Trinajstić information content (AvgIpc) is 2.53. The lowest BCUT2D eigenvalue weighted by Crippen LogP contribution is -2.39. The molecule has 136 valence electrons. The second-order valence-electron chi connectivity index (χ2n) is 5.82. The van der Waals surface area contributed by atoms with Crippen molar-refractivity contribution in [1.29, 1.82) is 0 Å². The van der Waals surface area contributed by atoms with E-state index in [-0.39, 0.29) is 25.4 Å². The van der Waals surface area contributed by atoms with Gasteiger partial charge in [0, 0.05) is 25.6 Å². The minimum atomic E-state index is -4.75. The highest BCUT2D eigenvalue weighted by atomic mass is 19.4. The highest BCUT2D eigenvalue weighted by Crippen LogP contribution is 2.34. The number of alkyl halides is 3. The quantitative estimate of drug-likeness (QED) is 0.657. The van der Waals surface area contributed by atoms with Crippen LogP contribution in [0.15, 0.2) is 18.2 Å². The third kappa shape index (κ3) is 4.46. The Morgan fingerprint density at radius 3 is 2.36 bits per heavy atom. The molecule has 0 atom stereocenters. The van der Waals surface area contributed by atoms with Crippen LogP contribution in [0.3, 0.4) is 0 Å². The Hall–Kier alpha value is -2.65. The van der Waals surface area contributed by atoms with Crippen molar-refractivity contribution in [3.8, 4) is 0 Å². The number of amides is 1. The predicted molar refractivity (Wildman–Crippen MR) is 79.0 cm³/mol. The number of nitro benzene ring substituents is 1. The van der Waals surface area contributed by atoms with E-state index in [1.807, 2.05) is 0 Å². The summed E-state index contributed by atoms with van der Waals surface area (Å²) in [7, 11) is 0. The second kappa shape index (κ2) is 7.08. The molecule has 25 heavy (non-hydrogen) atoms. The smallest absolute Gasteiger partial charge is 0.416 e. The number of nitrogens with zero attached hydrogens (tertiary/aromatic N) is 2. The predicted octanol–water partition coefficient (Wildman–Crippen LogP) is 2.94. The Labute approximate surface area is 140 Å². The zero-order valence-corrected chi connectivity index (χ0v) is 13.0. The van der Waals surface area contributed by atoms with Crippen molar-refractivity contribution >= 4 is 17.6 Å². The van der Waals surface area contributed by atoms with Gasteiger partial charge in [-0.1, -0.05) is 0 Å². The number of hydrogen-bond acceptors (Lipinski definition) is 4. The molecule has 0 saturated carbocycles. The van der Waals surface area contributed by atoms with E-state index >= 15 is 0 Å². The minimum Gasteiger partial charge on any atom is -0.481 e. The van der Waals surface area contributed by atoms with E-state index in [1.165, 1.54) is 4.90 Å². The first-order valence-electron chi connectivity index (χ1n) is 7.46. The molecule has 1 saturated heterocycles. The van der Waals surface area contributed by atoms with Crippen LogP contribution in [-0.2, 0) is 11.0 Å². The van der Waals surface area contributed by atoms with Gasteiger partial charge in [-0.2, -0.15) is 13.2 Å². The van der Waals surface area contributed by atoms with Crippen LogP contribution >= 0.6 is 0 Å². The lowest BCUT2D eigenvalue weighted by atomic mass is 9.93. The Morgan fingerprint density at radius 1 is 1.28 bits per heavy atom. The third-order valence-electron chi connectivity index (χ3n) is 4.12. The van der Waals surface area contributed by atoms with E-state index in [4.69, 9.17) is 5.11 Å². The highest BCUT2D eigenvalue weighted by Gasteiger charge is 2.35. The van der Waals surface area contributed by atoms with Gasteiger partial charge in [-0.3, -0.25) is 19.7 Å². The lowest BCUT2D eigenvalue weighted by molar-refractivity contribution is -0.385. The van der Waals surface area contributed by atoms with E-state index in [9.17, 15) is 32.9 Å². The number of halogens is 3. The number of rotatable bonds is 4. The van der Waals surface area contributed by atoms with Crippen molar-refractivity contribution in [2.45, 2.75) is 25.4 Å². The fourth-order valence-corrected chi connectivity index (χ4v) is 2.80. The topological polar surface area (TPSA) is 101 Å². The van der Waals surface area contributed by atoms with Crippen LogP contribution in [0.4, 0.5) is 18.9 Å². The van der Waals surface area contributed by atoms with Crippen LogP contribution in [0.2, 0.25) is 0 Å². The molecule has 2 rings (SSSR count). The molecule has 0 aliphatic carbocycles. The molecule has 10 heteroatoms. The summed E-state index contributed by atoms with van der Waals surface area (Å²) in [5.74, 6) is -1.76. The molecule has 0 spiro atoms. The molecule has 1 fully saturated rings. The number of hydrogen-bond donors (Lipinski definition) is 1. The molecule has 0 bridgehead atoms. The second-order valence-corrected chi connectivity index (χ2v) is 5.82. The zero-order chi connectivity index (χ0) is 18.8. The van der Waals surface area contributed by atoms with Crippen molar-refractivity contribution in [2.24, 2.45) is 5.92 Å². The Balaban J connectivity index is 2.19. The van der Waals surface area contributed by atoms with Crippen LogP contribution in [0.25, 0.3) is 0 Å². The summed E-state index contributed by atoms with van der Waals surface area (Å²) in [4.78, 5) is 34.5. The Morgan fingerprint density at radius 2 is 1.88 bits per heavy atom. The molecular formula is C15H15F3N2O5. The number of piperidine rings is 1. The fourth-order valence-electron chi connectivity index (χ4n) is 2.80. The SMILES string of the molecule is O=C(O)CC1CCN(C(=O)c2ccc(C(F)(F)F)cc2[N+](=O)[O-])CC1. The Bertz CT molecular complexity index is 697. The van der Waals surface area contributed by atoms with Crippen LogP contribution in [0.1, 0.15) is 35.2 Å². The maximum Gasteiger partial charge on any atom is 0.416 e. The third-order valence-corrected chi connectivity index (χ3v) is 4.12. The van der Waals surface area contributed by atoms with Gasteiger partial charge in [0.25, 0.3) is 11.6 Å². The van der Waals surface area contributed by atoms with Gasteiger partial charge in [0.05, 0.1) is 10.5 Å². The zero-order valence-electron chi connectivity index (χ0n) is 13.0. The molecule has 1 aliphatic rings. The molecule has 0 unspecified atom stereocenters. The van der Waals surface area contributed by atoms with Crippen molar-refractivity contribution in [2.75, 3.05) is 13.1 Å². The van der Waals surface area contributed by atoms with Crippen LogP contribution < -0.4 is 0 Å². The molecule has 0 aromatic heterocycles. The van der Waals surface area contributed by atoms with Gasteiger partial charge in [0.1, 0.15) is 5.56 Å². The molecule has 7 nitrogen and oxygen atoms in total. The molecular weight excluding hydrogens is 345 g/mol. The van der Waals surface area contributed by atoms with Gasteiger partial charge in [-0.25, -0.2) is 0 Å². The number of nitro groups is 1. The van der Waals surface area contributed by atoms with E-state index in [0.29, 0.717) is 25.0 Å². The van der Waals surface area contributed by atoms with Crippen LogP contribution in [-0.4, -0.2) is 39.9 Å². The summed E-state index contributed by atoms with van der Waals surface area (Å²) >= 11 is 0. The van der Waals surface area contributed by atoms with E-state index < -0.39 is 39.8 Å². The Kier molecular flexibility index (Phi) is 5.29. The van der Waals surface area contributed by atoms with Crippen molar-refractivity contribution in [3.63, 3.8) is 0 Å². The molecule has 1 aromatic rings. The van der Waals surface area contributed by atoms with Gasteiger partial charge in [-0.15, -0.1) is 0 Å². The van der Waals surface area contributed by atoms with Gasteiger partial charge in [0.15, 0.2) is 0 Å². The van der Waals surface area contributed by atoms with Gasteiger partial charge >= 0.3 is 12.1 Å². The summed E-state index contributed by atoms with van der Waals surface area (Å²) in [5, 5.41) is 19.8. The summed E-state index contributed by atoms with van der Waals surface area (Å²) in [6.07, 6.45) is -3.93. The standard InChI is InChI=1S/C15H15F3N2O5/c16-15(17,18)10-1-2-11(12(8-10)20(24)25)14(23)19-5-3-9(4-6-19)7-13(21)22/h1-2,8-9H,3-7H2,(H,21,22). The van der Waals surface area contributed by atoms with Crippen LogP contribution in [0.5, 0.6) is 0 Å². The van der Waals surface area contributed by atoms with Gasteiger partial charge in [0.2, 0.25) is 0 Å². The summed E-state index contributed by atoms with van der Waals surface area (Å²) in [6, 6.07) is 1.80. The summed E-state index contributed by atoms with van der Waals surface area (Å²) in [6.45, 7) is 0.407. The summed E-state index contributed by atoms with van der Waals surface area (Å²) < 4.78 is 38.1. The average molecular weight is 360 g/mol. The number of carboxylic acid groups (broad SMARTS) is 1. The number of carbonyl (C=O) groups is 2. The normalized spacial score (nSPS) is 15.9. The number of aliphatic carboxylic acids is 1. The van der Waals surface area contributed by atoms with Gasteiger partial charge < -0.3 is 10.0 Å². The van der Waals surface area contributed by atoms with Gasteiger partial charge in [-0.05, 0) is 30.9 Å². The number of carbonyl (C=O) groups excluding carboxylic acids is 1. The molecule has 1 amide bonds. The van der Waals surface area contributed by atoms with Crippen molar-refractivity contribution in [1.82, 2.24) is 4.90 Å². The van der Waals surface area contributed by atoms with Crippen molar-refractivity contribution < 1.29 is 32.8 Å². The van der Waals surface area contributed by atoms with Crippen molar-refractivity contribution in [3.05, 3.63) is 39.4 Å². The number of benzene rings is 1. The number of carboxylic acids is 1. The number of likely N-dealkylation sites (tertiary alicyclic amines) is 1. The first kappa shape index (κ1) is 18.7. The molecule has 1 N–H and O–H groups in total. The van der Waals surface area contributed by atoms with Crippen LogP contribution in [0, 0.1) is 16.0 Å². The maximum absolute atomic E-state index is 12.7. The summed E-state index contributed by atoms with van der Waals surface area (Å²) in [5.41, 5.74) is -2.50. The first-order valence-corrected chi connectivity index (χ1v) is 7.46. The molecule has 1 heterocycles. The van der Waals surface area contributed by atoms with E-state index in [1.54, 1.807) is 0 Å².